The molecule has 0 aromatic carbocycles. The van der Waals surface area contributed by atoms with Gasteiger partial charge in [-0.1, -0.05) is 19.8 Å². The molecule has 5 heteroatoms. The van der Waals surface area contributed by atoms with Gasteiger partial charge in [-0.25, -0.2) is 0 Å². The van der Waals surface area contributed by atoms with Crippen molar-refractivity contribution in [3.8, 4) is 0 Å². The fourth-order valence-electron chi connectivity index (χ4n) is 2.76. The Bertz CT molecular complexity index is 275. The average Bonchev–Trinajstić information content (AvgIpc) is 2.30. The number of nitrogens with zero attached hydrogens (tertiary/aromatic N) is 1. The number of carboxylic acid groups (broad SMARTS) is 2. The zero-order valence-electron chi connectivity index (χ0n) is 11.0. The SMILES string of the molecule is CC1CCCCC1N(CCC(=O)O)CCC(=O)O. The third kappa shape index (κ3) is 5.04. The zero-order valence-corrected chi connectivity index (χ0v) is 11.0. The maximum atomic E-state index is 10.7. The largest absolute Gasteiger partial charge is 0.481 e. The molecule has 1 fully saturated rings. The average molecular weight is 257 g/mol. The van der Waals surface area contributed by atoms with Crippen LogP contribution in [0.4, 0.5) is 0 Å². The number of aliphatic carboxylic acids is 2. The van der Waals surface area contributed by atoms with Crippen LogP contribution in [0.3, 0.4) is 0 Å². The molecule has 5 nitrogen and oxygen atoms in total. The number of carbonyl (C=O) groups is 2. The van der Waals surface area contributed by atoms with Crippen LogP contribution in [0.5, 0.6) is 0 Å². The molecular formula is C13H23NO4. The Morgan fingerprint density at radius 3 is 2.00 bits per heavy atom. The van der Waals surface area contributed by atoms with Gasteiger partial charge in [0.15, 0.2) is 0 Å². The van der Waals surface area contributed by atoms with Crippen LogP contribution in [0.15, 0.2) is 0 Å². The molecule has 0 amide bonds. The Labute approximate surface area is 108 Å². The maximum Gasteiger partial charge on any atom is 0.304 e. The van der Waals surface area contributed by atoms with Crippen LogP contribution >= 0.6 is 0 Å². The molecule has 1 aliphatic carbocycles. The minimum atomic E-state index is -0.821. The lowest BCUT2D eigenvalue weighted by molar-refractivity contribution is -0.137. The minimum absolute atomic E-state index is 0.0861. The fraction of sp³-hybridized carbons (Fsp3) is 0.846. The Morgan fingerprint density at radius 2 is 1.56 bits per heavy atom. The summed E-state index contributed by atoms with van der Waals surface area (Å²) < 4.78 is 0. The Hall–Kier alpha value is -1.10. The molecule has 1 aliphatic rings. The van der Waals surface area contributed by atoms with Crippen molar-refractivity contribution < 1.29 is 19.8 Å². The van der Waals surface area contributed by atoms with Gasteiger partial charge in [-0.05, 0) is 18.8 Å². The molecule has 0 aromatic rings. The molecule has 1 saturated carbocycles. The van der Waals surface area contributed by atoms with E-state index >= 15 is 0 Å². The van der Waals surface area contributed by atoms with Crippen molar-refractivity contribution in [1.29, 1.82) is 0 Å². The number of hydrogen-bond donors (Lipinski definition) is 2. The standard InChI is InChI=1S/C13H23NO4/c1-10-4-2-3-5-11(10)14(8-6-12(15)16)9-7-13(17)18/h10-11H,2-9H2,1H3,(H,15,16)(H,17,18). The molecule has 2 unspecified atom stereocenters. The van der Waals surface area contributed by atoms with Gasteiger partial charge in [0.05, 0.1) is 12.8 Å². The van der Waals surface area contributed by atoms with Crippen LogP contribution in [-0.2, 0) is 9.59 Å². The van der Waals surface area contributed by atoms with Crippen molar-refractivity contribution in [3.63, 3.8) is 0 Å². The van der Waals surface area contributed by atoms with Gasteiger partial charge in [0.25, 0.3) is 0 Å². The van der Waals surface area contributed by atoms with Gasteiger partial charge in [0.1, 0.15) is 0 Å². The zero-order chi connectivity index (χ0) is 13.5. The van der Waals surface area contributed by atoms with Crippen molar-refractivity contribution in [1.82, 2.24) is 4.90 Å². The van der Waals surface area contributed by atoms with Gasteiger partial charge in [-0.2, -0.15) is 0 Å². The van der Waals surface area contributed by atoms with Crippen molar-refractivity contribution in [2.24, 2.45) is 5.92 Å². The van der Waals surface area contributed by atoms with E-state index in [1.54, 1.807) is 0 Å². The molecule has 18 heavy (non-hydrogen) atoms. The van der Waals surface area contributed by atoms with E-state index in [9.17, 15) is 9.59 Å². The summed E-state index contributed by atoms with van der Waals surface area (Å²) in [4.78, 5) is 23.4. The second-order valence-corrected chi connectivity index (χ2v) is 5.15. The van der Waals surface area contributed by atoms with Gasteiger partial charge in [-0.15, -0.1) is 0 Å². The smallest absolute Gasteiger partial charge is 0.304 e. The summed E-state index contributed by atoms with van der Waals surface area (Å²) in [7, 11) is 0. The third-order valence-electron chi connectivity index (χ3n) is 3.76. The monoisotopic (exact) mass is 257 g/mol. The van der Waals surface area contributed by atoms with Gasteiger partial charge in [-0.3, -0.25) is 14.5 Å². The molecule has 0 radical (unpaired) electrons. The molecular weight excluding hydrogens is 234 g/mol. The van der Waals surface area contributed by atoms with E-state index in [0.29, 0.717) is 25.0 Å². The number of hydrogen-bond acceptors (Lipinski definition) is 3. The normalized spacial score (nSPS) is 24.1. The molecule has 2 atom stereocenters. The first kappa shape index (κ1) is 15.0. The molecule has 2 N–H and O–H groups in total. The first-order chi connectivity index (χ1) is 8.50. The van der Waals surface area contributed by atoms with Crippen LogP contribution in [0.25, 0.3) is 0 Å². The summed E-state index contributed by atoms with van der Waals surface area (Å²) in [5.41, 5.74) is 0. The molecule has 104 valence electrons. The van der Waals surface area contributed by atoms with E-state index in [1.807, 2.05) is 0 Å². The van der Waals surface area contributed by atoms with Crippen molar-refractivity contribution in [3.05, 3.63) is 0 Å². The molecule has 0 spiro atoms. The third-order valence-corrected chi connectivity index (χ3v) is 3.76. The number of carboxylic acids is 2. The van der Waals surface area contributed by atoms with Crippen LogP contribution in [-0.4, -0.2) is 46.2 Å². The van der Waals surface area contributed by atoms with Gasteiger partial charge >= 0.3 is 11.9 Å². The molecule has 0 saturated heterocycles. The molecule has 0 aliphatic heterocycles. The summed E-state index contributed by atoms with van der Waals surface area (Å²) in [6.45, 7) is 3.09. The lowest BCUT2D eigenvalue weighted by Gasteiger charge is -2.38. The lowest BCUT2D eigenvalue weighted by Crippen LogP contribution is -2.43. The van der Waals surface area contributed by atoms with E-state index in [0.717, 1.165) is 19.3 Å². The minimum Gasteiger partial charge on any atom is -0.481 e. The van der Waals surface area contributed by atoms with Gasteiger partial charge in [0, 0.05) is 19.1 Å². The first-order valence-electron chi connectivity index (χ1n) is 6.68. The second-order valence-electron chi connectivity index (χ2n) is 5.15. The van der Waals surface area contributed by atoms with Gasteiger partial charge < -0.3 is 10.2 Å². The summed E-state index contributed by atoms with van der Waals surface area (Å²) >= 11 is 0. The lowest BCUT2D eigenvalue weighted by atomic mass is 9.84. The predicted molar refractivity (Wildman–Crippen MR) is 67.5 cm³/mol. The maximum absolute atomic E-state index is 10.7. The topological polar surface area (TPSA) is 77.8 Å². The molecule has 0 heterocycles. The first-order valence-corrected chi connectivity index (χ1v) is 6.68. The Kier molecular flexibility index (Phi) is 6.12. The highest BCUT2D eigenvalue weighted by molar-refractivity contribution is 5.67. The summed E-state index contributed by atoms with van der Waals surface area (Å²) in [5.74, 6) is -1.11. The number of rotatable bonds is 7. The van der Waals surface area contributed by atoms with Crippen LogP contribution in [0.2, 0.25) is 0 Å². The summed E-state index contributed by atoms with van der Waals surface area (Å²) in [6.07, 6.45) is 4.77. The predicted octanol–water partition coefficient (Wildman–Crippen LogP) is 1.82. The summed E-state index contributed by atoms with van der Waals surface area (Å²) in [5, 5.41) is 17.5. The Morgan fingerprint density at radius 1 is 1.06 bits per heavy atom. The van der Waals surface area contributed by atoms with Crippen molar-refractivity contribution in [2.75, 3.05) is 13.1 Å². The van der Waals surface area contributed by atoms with E-state index < -0.39 is 11.9 Å². The summed E-state index contributed by atoms with van der Waals surface area (Å²) in [6, 6.07) is 0.345. The Balaban J connectivity index is 2.55. The second kappa shape index (κ2) is 7.36. The van der Waals surface area contributed by atoms with Crippen LogP contribution in [0.1, 0.15) is 45.4 Å². The van der Waals surface area contributed by atoms with E-state index in [1.165, 1.54) is 6.42 Å². The highest BCUT2D eigenvalue weighted by atomic mass is 16.4. The molecule has 0 aromatic heterocycles. The quantitative estimate of drug-likeness (QED) is 0.727. The van der Waals surface area contributed by atoms with Crippen LogP contribution < -0.4 is 0 Å². The van der Waals surface area contributed by atoms with Crippen molar-refractivity contribution >= 4 is 11.9 Å². The molecule has 0 bridgehead atoms. The van der Waals surface area contributed by atoms with Crippen molar-refractivity contribution in [2.45, 2.75) is 51.5 Å². The highest BCUT2D eigenvalue weighted by Gasteiger charge is 2.27. The van der Waals surface area contributed by atoms with E-state index in [2.05, 4.69) is 11.8 Å². The van der Waals surface area contributed by atoms with Gasteiger partial charge in [0.2, 0.25) is 0 Å². The van der Waals surface area contributed by atoms with E-state index in [4.69, 9.17) is 10.2 Å². The van der Waals surface area contributed by atoms with Crippen LogP contribution in [0, 0.1) is 5.92 Å². The molecule has 1 rings (SSSR count). The fourth-order valence-corrected chi connectivity index (χ4v) is 2.76. The highest BCUT2D eigenvalue weighted by Crippen LogP contribution is 2.28. The van der Waals surface area contributed by atoms with E-state index in [-0.39, 0.29) is 12.8 Å².